The molecule has 0 bridgehead atoms. The second-order valence-electron chi connectivity index (χ2n) is 4.48. The number of hydrogen-bond acceptors (Lipinski definition) is 5. The van der Waals surface area contributed by atoms with Crippen molar-refractivity contribution in [3.05, 3.63) is 47.9 Å². The van der Waals surface area contributed by atoms with E-state index in [4.69, 9.17) is 4.74 Å². The van der Waals surface area contributed by atoms with Crippen LogP contribution in [0.15, 0.2) is 36.7 Å². The third-order valence-electron chi connectivity index (χ3n) is 2.91. The molecule has 0 saturated carbocycles. The minimum atomic E-state index is -0.263. The van der Waals surface area contributed by atoms with E-state index in [0.29, 0.717) is 24.7 Å². The Labute approximate surface area is 123 Å². The molecule has 1 heterocycles. The zero-order valence-electron chi connectivity index (χ0n) is 12.1. The van der Waals surface area contributed by atoms with E-state index < -0.39 is 0 Å². The Morgan fingerprint density at radius 2 is 2.10 bits per heavy atom. The van der Waals surface area contributed by atoms with E-state index in [0.717, 1.165) is 11.3 Å². The van der Waals surface area contributed by atoms with E-state index in [-0.39, 0.29) is 5.91 Å². The number of carbonyl (C=O) groups excluding carboxylic acids is 1. The van der Waals surface area contributed by atoms with Gasteiger partial charge in [0.05, 0.1) is 6.61 Å². The van der Waals surface area contributed by atoms with Crippen molar-refractivity contribution in [1.82, 2.24) is 9.97 Å². The molecule has 21 heavy (non-hydrogen) atoms. The number of aromatic nitrogens is 2. The number of anilines is 2. The Balaban J connectivity index is 2.05. The van der Waals surface area contributed by atoms with Gasteiger partial charge in [-0.1, -0.05) is 18.2 Å². The summed E-state index contributed by atoms with van der Waals surface area (Å²) in [5.74, 6) is 0.332. The van der Waals surface area contributed by atoms with Crippen LogP contribution in [0.25, 0.3) is 0 Å². The molecule has 0 radical (unpaired) electrons. The van der Waals surface area contributed by atoms with E-state index in [1.807, 2.05) is 31.2 Å². The fourth-order valence-corrected chi connectivity index (χ4v) is 1.76. The van der Waals surface area contributed by atoms with Crippen LogP contribution < -0.4 is 10.6 Å². The van der Waals surface area contributed by atoms with Gasteiger partial charge in [-0.25, -0.2) is 9.97 Å². The van der Waals surface area contributed by atoms with Crippen LogP contribution in [0.5, 0.6) is 0 Å². The first-order valence-corrected chi connectivity index (χ1v) is 6.62. The summed E-state index contributed by atoms with van der Waals surface area (Å²) < 4.78 is 4.95. The maximum atomic E-state index is 12.2. The van der Waals surface area contributed by atoms with E-state index in [9.17, 15) is 4.79 Å². The van der Waals surface area contributed by atoms with Crippen LogP contribution in [0.4, 0.5) is 11.5 Å². The lowest BCUT2D eigenvalue weighted by atomic mass is 10.2. The lowest BCUT2D eigenvalue weighted by Crippen LogP contribution is -2.16. The summed E-state index contributed by atoms with van der Waals surface area (Å²) in [6.07, 6.45) is 1.36. The molecule has 2 rings (SSSR count). The van der Waals surface area contributed by atoms with E-state index in [1.165, 1.54) is 6.33 Å². The number of ether oxygens (including phenoxy) is 1. The molecule has 0 aliphatic carbocycles. The number of hydrogen-bond donors (Lipinski definition) is 2. The molecule has 2 aromatic rings. The Bertz CT molecular complexity index is 616. The third-order valence-corrected chi connectivity index (χ3v) is 2.91. The van der Waals surface area contributed by atoms with Crippen molar-refractivity contribution in [3.63, 3.8) is 0 Å². The van der Waals surface area contributed by atoms with Gasteiger partial charge in [-0.05, 0) is 18.6 Å². The molecule has 6 nitrogen and oxygen atoms in total. The number of benzene rings is 1. The van der Waals surface area contributed by atoms with Crippen molar-refractivity contribution in [1.29, 1.82) is 0 Å². The van der Waals surface area contributed by atoms with Crippen LogP contribution in [-0.2, 0) is 4.74 Å². The number of nitrogens with zero attached hydrogens (tertiary/aromatic N) is 2. The van der Waals surface area contributed by atoms with E-state index >= 15 is 0 Å². The van der Waals surface area contributed by atoms with Gasteiger partial charge in [-0.15, -0.1) is 0 Å². The van der Waals surface area contributed by atoms with E-state index in [1.54, 1.807) is 13.2 Å². The second-order valence-corrected chi connectivity index (χ2v) is 4.48. The molecule has 0 unspecified atom stereocenters. The van der Waals surface area contributed by atoms with Crippen LogP contribution in [-0.4, -0.2) is 36.1 Å². The van der Waals surface area contributed by atoms with Gasteiger partial charge in [0.2, 0.25) is 0 Å². The quantitative estimate of drug-likeness (QED) is 0.795. The Kier molecular flexibility index (Phi) is 5.22. The SMILES string of the molecule is COCCNc1cc(C(=O)Nc2ccccc2C)ncn1. The molecule has 0 aliphatic rings. The highest BCUT2D eigenvalue weighted by atomic mass is 16.5. The summed E-state index contributed by atoms with van der Waals surface area (Å²) in [6.45, 7) is 3.12. The van der Waals surface area contributed by atoms with Gasteiger partial charge in [0, 0.05) is 25.4 Å². The van der Waals surface area contributed by atoms with Gasteiger partial charge in [-0.2, -0.15) is 0 Å². The van der Waals surface area contributed by atoms with Crippen LogP contribution in [0.1, 0.15) is 16.1 Å². The van der Waals surface area contributed by atoms with Crippen LogP contribution in [0, 0.1) is 6.92 Å². The molecular formula is C15H18N4O2. The number of rotatable bonds is 6. The number of methoxy groups -OCH3 is 1. The number of para-hydroxylation sites is 1. The molecule has 0 atom stereocenters. The van der Waals surface area contributed by atoms with Crippen LogP contribution in [0.2, 0.25) is 0 Å². The standard InChI is InChI=1S/C15H18N4O2/c1-11-5-3-4-6-12(11)19-15(20)13-9-14(18-10-17-13)16-7-8-21-2/h3-6,9-10H,7-8H2,1-2H3,(H,19,20)(H,16,17,18). The zero-order valence-corrected chi connectivity index (χ0v) is 12.1. The topological polar surface area (TPSA) is 76.1 Å². The largest absolute Gasteiger partial charge is 0.383 e. The number of carbonyl (C=O) groups is 1. The van der Waals surface area contributed by atoms with Crippen molar-refractivity contribution < 1.29 is 9.53 Å². The third kappa shape index (κ3) is 4.25. The van der Waals surface area contributed by atoms with E-state index in [2.05, 4.69) is 20.6 Å². The summed E-state index contributed by atoms with van der Waals surface area (Å²) in [5, 5.41) is 5.90. The zero-order chi connectivity index (χ0) is 15.1. The minimum Gasteiger partial charge on any atom is -0.383 e. The number of aryl methyl sites for hydroxylation is 1. The highest BCUT2D eigenvalue weighted by molar-refractivity contribution is 6.03. The average Bonchev–Trinajstić information content (AvgIpc) is 2.50. The maximum Gasteiger partial charge on any atom is 0.274 e. The molecule has 2 N–H and O–H groups in total. The molecular weight excluding hydrogens is 268 g/mol. The summed E-state index contributed by atoms with van der Waals surface area (Å²) in [7, 11) is 1.63. The molecule has 1 aromatic heterocycles. The maximum absolute atomic E-state index is 12.2. The highest BCUT2D eigenvalue weighted by Gasteiger charge is 2.10. The molecule has 0 saturated heterocycles. The molecule has 0 aliphatic heterocycles. The summed E-state index contributed by atoms with van der Waals surface area (Å²) >= 11 is 0. The Morgan fingerprint density at radius 3 is 2.86 bits per heavy atom. The van der Waals surface area contributed by atoms with Crippen molar-refractivity contribution >= 4 is 17.4 Å². The molecule has 1 amide bonds. The first-order valence-electron chi connectivity index (χ1n) is 6.62. The lowest BCUT2D eigenvalue weighted by molar-refractivity contribution is 0.102. The van der Waals surface area contributed by atoms with Crippen molar-refractivity contribution in [2.75, 3.05) is 30.9 Å². The Morgan fingerprint density at radius 1 is 1.29 bits per heavy atom. The number of amides is 1. The van der Waals surface area contributed by atoms with Crippen molar-refractivity contribution in [2.45, 2.75) is 6.92 Å². The lowest BCUT2D eigenvalue weighted by Gasteiger charge is -2.09. The van der Waals surface area contributed by atoms with Gasteiger partial charge in [0.15, 0.2) is 0 Å². The average molecular weight is 286 g/mol. The number of nitrogens with one attached hydrogen (secondary N) is 2. The molecule has 0 spiro atoms. The van der Waals surface area contributed by atoms with Gasteiger partial charge < -0.3 is 15.4 Å². The van der Waals surface area contributed by atoms with Gasteiger partial charge in [0.25, 0.3) is 5.91 Å². The fourth-order valence-electron chi connectivity index (χ4n) is 1.76. The normalized spacial score (nSPS) is 10.2. The van der Waals surface area contributed by atoms with Crippen molar-refractivity contribution in [3.8, 4) is 0 Å². The summed E-state index contributed by atoms with van der Waals surface area (Å²) in [6, 6.07) is 9.20. The molecule has 6 heteroatoms. The predicted molar refractivity (Wildman–Crippen MR) is 81.5 cm³/mol. The molecule has 1 aromatic carbocycles. The van der Waals surface area contributed by atoms with Crippen LogP contribution in [0.3, 0.4) is 0 Å². The monoisotopic (exact) mass is 286 g/mol. The smallest absolute Gasteiger partial charge is 0.274 e. The summed E-state index contributed by atoms with van der Waals surface area (Å²) in [5.41, 5.74) is 2.08. The highest BCUT2D eigenvalue weighted by Crippen LogP contribution is 2.14. The second kappa shape index (κ2) is 7.35. The molecule has 0 fully saturated rings. The van der Waals surface area contributed by atoms with Gasteiger partial charge in [-0.3, -0.25) is 4.79 Å². The predicted octanol–water partition coefficient (Wildman–Crippen LogP) is 2.10. The van der Waals surface area contributed by atoms with Gasteiger partial charge in [0.1, 0.15) is 17.8 Å². The first-order chi connectivity index (χ1) is 10.2. The summed E-state index contributed by atoms with van der Waals surface area (Å²) in [4.78, 5) is 20.3. The van der Waals surface area contributed by atoms with Crippen LogP contribution >= 0.6 is 0 Å². The first kappa shape index (κ1) is 14.9. The van der Waals surface area contributed by atoms with Crippen molar-refractivity contribution in [2.24, 2.45) is 0 Å². The Hall–Kier alpha value is -2.47. The minimum absolute atomic E-state index is 0.263. The molecule has 110 valence electrons. The van der Waals surface area contributed by atoms with Gasteiger partial charge >= 0.3 is 0 Å². The fraction of sp³-hybridized carbons (Fsp3) is 0.267.